The quantitative estimate of drug-likeness (QED) is 0.197. The third kappa shape index (κ3) is 4.84. The molecule has 2 aromatic heterocycles. The number of fused-ring (bicyclic) bond motifs is 4. The highest BCUT2D eigenvalue weighted by molar-refractivity contribution is 6.11. The summed E-state index contributed by atoms with van der Waals surface area (Å²) in [5, 5.41) is 4.27. The zero-order chi connectivity index (χ0) is 31.2. The molecule has 220 valence electrons. The van der Waals surface area contributed by atoms with Gasteiger partial charge in [-0.15, -0.1) is 0 Å². The predicted molar refractivity (Wildman–Crippen MR) is 192 cm³/mol. The molecule has 0 bridgehead atoms. The predicted octanol–water partition coefficient (Wildman–Crippen LogP) is 11.3. The van der Waals surface area contributed by atoms with E-state index in [4.69, 9.17) is 19.4 Å². The number of nitrogens with zero attached hydrogens (tertiary/aromatic N) is 3. The van der Waals surface area contributed by atoms with E-state index >= 15 is 0 Å². The fourth-order valence-electron chi connectivity index (χ4n) is 6.42. The van der Waals surface area contributed by atoms with Crippen LogP contribution in [0.5, 0.6) is 0 Å². The molecule has 9 aromatic rings. The highest BCUT2D eigenvalue weighted by Gasteiger charge is 2.18. The normalized spacial score (nSPS) is 11.4. The van der Waals surface area contributed by atoms with Crippen LogP contribution in [0.3, 0.4) is 0 Å². The monoisotopic (exact) mass is 601 g/mol. The number of benzene rings is 7. The zero-order valence-electron chi connectivity index (χ0n) is 25.3. The van der Waals surface area contributed by atoms with Gasteiger partial charge in [-0.3, -0.25) is 0 Å². The van der Waals surface area contributed by atoms with Gasteiger partial charge in [0.05, 0.1) is 0 Å². The van der Waals surface area contributed by atoms with E-state index in [2.05, 4.69) is 127 Å². The number of hydrogen-bond donors (Lipinski definition) is 0. The molecule has 4 heteroatoms. The fourth-order valence-corrected chi connectivity index (χ4v) is 6.42. The molecule has 7 aromatic carbocycles. The van der Waals surface area contributed by atoms with Gasteiger partial charge in [0.25, 0.3) is 0 Å². The van der Waals surface area contributed by atoms with Crippen LogP contribution in [0.4, 0.5) is 0 Å². The van der Waals surface area contributed by atoms with Gasteiger partial charge < -0.3 is 4.42 Å². The van der Waals surface area contributed by atoms with Crippen molar-refractivity contribution in [2.75, 3.05) is 0 Å². The van der Waals surface area contributed by atoms with Crippen molar-refractivity contribution in [3.05, 3.63) is 164 Å². The first-order valence-corrected chi connectivity index (χ1v) is 15.7. The van der Waals surface area contributed by atoms with E-state index in [1.807, 2.05) is 36.4 Å². The van der Waals surface area contributed by atoms with Gasteiger partial charge in [-0.05, 0) is 45.2 Å². The molecular formula is C43H27N3O. The molecule has 47 heavy (non-hydrogen) atoms. The second kappa shape index (κ2) is 11.2. The minimum Gasteiger partial charge on any atom is -0.456 e. The first-order chi connectivity index (χ1) is 23.3. The lowest BCUT2D eigenvalue weighted by atomic mass is 9.99. The Kier molecular flexibility index (Phi) is 6.43. The van der Waals surface area contributed by atoms with Gasteiger partial charge in [0.2, 0.25) is 0 Å². The second-order valence-corrected chi connectivity index (χ2v) is 11.6. The van der Waals surface area contributed by atoms with Crippen LogP contribution in [-0.2, 0) is 0 Å². The molecule has 0 aliphatic carbocycles. The Balaban J connectivity index is 1.18. The van der Waals surface area contributed by atoms with Gasteiger partial charge in [0.1, 0.15) is 11.2 Å². The van der Waals surface area contributed by atoms with E-state index in [0.717, 1.165) is 60.5 Å². The third-order valence-electron chi connectivity index (χ3n) is 8.78. The van der Waals surface area contributed by atoms with E-state index < -0.39 is 0 Å². The van der Waals surface area contributed by atoms with Gasteiger partial charge in [-0.25, -0.2) is 15.0 Å². The number of aromatic nitrogens is 3. The van der Waals surface area contributed by atoms with Crippen molar-refractivity contribution >= 4 is 32.7 Å². The van der Waals surface area contributed by atoms with Crippen LogP contribution in [0.25, 0.3) is 89.1 Å². The molecule has 9 rings (SSSR count). The molecule has 0 fully saturated rings. The number of furan rings is 1. The van der Waals surface area contributed by atoms with Crippen molar-refractivity contribution < 1.29 is 4.42 Å². The number of para-hydroxylation sites is 1. The Labute approximate surface area is 271 Å². The summed E-state index contributed by atoms with van der Waals surface area (Å²) in [6.45, 7) is 0. The summed E-state index contributed by atoms with van der Waals surface area (Å²) in [6.07, 6.45) is 0. The van der Waals surface area contributed by atoms with E-state index in [1.165, 1.54) is 11.1 Å². The van der Waals surface area contributed by atoms with Crippen LogP contribution in [-0.4, -0.2) is 15.0 Å². The maximum absolute atomic E-state index is 6.22. The van der Waals surface area contributed by atoms with Gasteiger partial charge >= 0.3 is 0 Å². The zero-order valence-corrected chi connectivity index (χ0v) is 25.3. The SMILES string of the molecule is c1ccc(-c2ccc(-c3ccc(-c4nc(-c5cccc6ccccc56)nc(-c5cccc6oc7ccccc7c56)n4)cc3)cc2)cc1. The second-order valence-electron chi connectivity index (χ2n) is 11.6. The van der Waals surface area contributed by atoms with Gasteiger partial charge in [0.15, 0.2) is 17.5 Å². The van der Waals surface area contributed by atoms with Gasteiger partial charge in [-0.1, -0.05) is 152 Å². The summed E-state index contributed by atoms with van der Waals surface area (Å²) in [5.74, 6) is 1.86. The van der Waals surface area contributed by atoms with Crippen molar-refractivity contribution in [3.8, 4) is 56.4 Å². The molecule has 0 aliphatic heterocycles. The third-order valence-corrected chi connectivity index (χ3v) is 8.78. The highest BCUT2D eigenvalue weighted by Crippen LogP contribution is 2.37. The Morgan fingerprint density at radius 2 is 0.809 bits per heavy atom. The summed E-state index contributed by atoms with van der Waals surface area (Å²) in [4.78, 5) is 15.3. The topological polar surface area (TPSA) is 51.8 Å². The highest BCUT2D eigenvalue weighted by atomic mass is 16.3. The maximum atomic E-state index is 6.22. The van der Waals surface area contributed by atoms with Crippen LogP contribution >= 0.6 is 0 Å². The van der Waals surface area contributed by atoms with Crippen LogP contribution in [0, 0.1) is 0 Å². The minimum atomic E-state index is 0.607. The van der Waals surface area contributed by atoms with Gasteiger partial charge in [0, 0.05) is 27.5 Å². The first-order valence-electron chi connectivity index (χ1n) is 15.7. The van der Waals surface area contributed by atoms with Crippen molar-refractivity contribution in [2.45, 2.75) is 0 Å². The lowest BCUT2D eigenvalue weighted by Crippen LogP contribution is -2.01. The van der Waals surface area contributed by atoms with Crippen molar-refractivity contribution in [2.24, 2.45) is 0 Å². The first kappa shape index (κ1) is 27.0. The van der Waals surface area contributed by atoms with Gasteiger partial charge in [-0.2, -0.15) is 0 Å². The summed E-state index contributed by atoms with van der Waals surface area (Å²) in [6, 6.07) is 56.4. The average molecular weight is 602 g/mol. The maximum Gasteiger partial charge on any atom is 0.164 e. The molecule has 4 nitrogen and oxygen atoms in total. The van der Waals surface area contributed by atoms with Crippen LogP contribution in [0.2, 0.25) is 0 Å². The molecular weight excluding hydrogens is 574 g/mol. The number of hydrogen-bond acceptors (Lipinski definition) is 4. The van der Waals surface area contributed by atoms with Crippen LogP contribution in [0.15, 0.2) is 168 Å². The Hall–Kier alpha value is -6.39. The average Bonchev–Trinajstić information content (AvgIpc) is 3.54. The summed E-state index contributed by atoms with van der Waals surface area (Å²) >= 11 is 0. The van der Waals surface area contributed by atoms with E-state index in [9.17, 15) is 0 Å². The van der Waals surface area contributed by atoms with Crippen LogP contribution in [0.1, 0.15) is 0 Å². The molecule has 0 N–H and O–H groups in total. The smallest absolute Gasteiger partial charge is 0.164 e. The summed E-state index contributed by atoms with van der Waals surface area (Å²) < 4.78 is 6.22. The van der Waals surface area contributed by atoms with Crippen molar-refractivity contribution in [1.29, 1.82) is 0 Å². The standard InChI is InChI=1S/C43H27N3O/c1-2-10-28(11-3-1)29-20-22-30(23-21-29)31-24-26-33(27-25-31)41-44-42(35-16-8-13-32-12-4-5-14-34(32)35)46-43(45-41)37-17-9-19-39-40(37)36-15-6-7-18-38(36)47-39/h1-27H. The summed E-state index contributed by atoms with van der Waals surface area (Å²) in [5.41, 5.74) is 9.13. The lowest BCUT2D eigenvalue weighted by molar-refractivity contribution is 0.669. The van der Waals surface area contributed by atoms with Crippen LogP contribution < -0.4 is 0 Å². The molecule has 0 amide bonds. The van der Waals surface area contributed by atoms with E-state index in [1.54, 1.807) is 0 Å². The Bertz CT molecular complexity index is 2550. The van der Waals surface area contributed by atoms with Crippen molar-refractivity contribution in [1.82, 2.24) is 15.0 Å². The van der Waals surface area contributed by atoms with E-state index in [-0.39, 0.29) is 0 Å². The number of rotatable bonds is 5. The largest absolute Gasteiger partial charge is 0.456 e. The molecule has 0 atom stereocenters. The Morgan fingerprint density at radius 1 is 0.319 bits per heavy atom. The molecule has 0 saturated carbocycles. The molecule has 2 heterocycles. The molecule has 0 saturated heterocycles. The molecule has 0 aliphatic rings. The molecule has 0 spiro atoms. The van der Waals surface area contributed by atoms with Crippen molar-refractivity contribution in [3.63, 3.8) is 0 Å². The summed E-state index contributed by atoms with van der Waals surface area (Å²) in [7, 11) is 0. The fraction of sp³-hybridized carbons (Fsp3) is 0. The molecule has 0 radical (unpaired) electrons. The lowest BCUT2D eigenvalue weighted by Gasteiger charge is -2.11. The van der Waals surface area contributed by atoms with E-state index in [0.29, 0.717) is 17.5 Å². The Morgan fingerprint density at radius 3 is 1.55 bits per heavy atom. The minimum absolute atomic E-state index is 0.607. The molecule has 0 unspecified atom stereocenters.